The lowest BCUT2D eigenvalue weighted by Crippen LogP contribution is -1.95. The molecule has 2 aromatic carbocycles. The van der Waals surface area contributed by atoms with Gasteiger partial charge in [0.25, 0.3) is 0 Å². The molecule has 1 heterocycles. The molecule has 0 atom stereocenters. The van der Waals surface area contributed by atoms with Crippen LogP contribution in [0.1, 0.15) is 11.1 Å². The summed E-state index contributed by atoms with van der Waals surface area (Å²) in [6.45, 7) is 4.20. The maximum absolute atomic E-state index is 4.64. The summed E-state index contributed by atoms with van der Waals surface area (Å²) < 4.78 is 0. The fraction of sp³-hybridized carbons (Fsp3) is 0.118. The molecule has 0 saturated heterocycles. The van der Waals surface area contributed by atoms with Gasteiger partial charge in [0.15, 0.2) is 0 Å². The first-order valence-electron chi connectivity index (χ1n) is 6.42. The monoisotopic (exact) mass is 248 g/mol. The van der Waals surface area contributed by atoms with Crippen molar-refractivity contribution in [1.82, 2.24) is 4.98 Å². The number of nitrogens with one attached hydrogen (secondary N) is 1. The molecule has 2 heteroatoms. The van der Waals surface area contributed by atoms with Crippen molar-refractivity contribution in [3.63, 3.8) is 0 Å². The summed E-state index contributed by atoms with van der Waals surface area (Å²) in [5, 5.41) is 4.56. The van der Waals surface area contributed by atoms with E-state index in [1.165, 1.54) is 16.5 Å². The number of para-hydroxylation sites is 1. The quantitative estimate of drug-likeness (QED) is 0.717. The summed E-state index contributed by atoms with van der Waals surface area (Å²) in [4.78, 5) is 4.64. The van der Waals surface area contributed by atoms with E-state index in [9.17, 15) is 0 Å². The summed E-state index contributed by atoms with van der Waals surface area (Å²) in [5.41, 5.74) is 4.58. The molecular formula is C17H16N2. The van der Waals surface area contributed by atoms with E-state index in [1.807, 2.05) is 18.2 Å². The lowest BCUT2D eigenvalue weighted by atomic mass is 10.1. The van der Waals surface area contributed by atoms with Gasteiger partial charge in [-0.05, 0) is 43.7 Å². The molecule has 0 spiro atoms. The highest BCUT2D eigenvalue weighted by molar-refractivity contribution is 5.84. The number of hydrogen-bond donors (Lipinski definition) is 1. The van der Waals surface area contributed by atoms with Gasteiger partial charge in [-0.1, -0.05) is 35.9 Å². The Labute approximate surface area is 113 Å². The minimum Gasteiger partial charge on any atom is -0.340 e. The molecule has 0 bridgehead atoms. The second-order valence-corrected chi connectivity index (χ2v) is 4.83. The highest BCUT2D eigenvalue weighted by atomic mass is 15.0. The summed E-state index contributed by atoms with van der Waals surface area (Å²) in [7, 11) is 0. The van der Waals surface area contributed by atoms with Crippen molar-refractivity contribution in [2.45, 2.75) is 13.8 Å². The lowest BCUT2D eigenvalue weighted by Gasteiger charge is -2.09. The number of aromatic nitrogens is 1. The van der Waals surface area contributed by atoms with Gasteiger partial charge in [-0.25, -0.2) is 4.98 Å². The van der Waals surface area contributed by atoms with Crippen molar-refractivity contribution in [3.8, 4) is 0 Å². The van der Waals surface area contributed by atoms with Gasteiger partial charge in [0.05, 0.1) is 5.52 Å². The molecule has 19 heavy (non-hydrogen) atoms. The zero-order valence-corrected chi connectivity index (χ0v) is 11.1. The van der Waals surface area contributed by atoms with Crippen LogP contribution in [-0.2, 0) is 0 Å². The van der Waals surface area contributed by atoms with Crippen LogP contribution in [0, 0.1) is 13.8 Å². The Morgan fingerprint density at radius 1 is 0.895 bits per heavy atom. The molecule has 1 aromatic heterocycles. The van der Waals surface area contributed by atoms with Gasteiger partial charge in [0.1, 0.15) is 5.82 Å². The minimum atomic E-state index is 0.889. The number of benzene rings is 2. The van der Waals surface area contributed by atoms with E-state index >= 15 is 0 Å². The molecule has 3 rings (SSSR count). The van der Waals surface area contributed by atoms with Gasteiger partial charge in [0.2, 0.25) is 0 Å². The molecule has 0 aliphatic heterocycles. The average Bonchev–Trinajstić information content (AvgIpc) is 2.42. The van der Waals surface area contributed by atoms with Crippen molar-refractivity contribution in [3.05, 3.63) is 65.7 Å². The van der Waals surface area contributed by atoms with Gasteiger partial charge in [-0.3, -0.25) is 0 Å². The fourth-order valence-corrected chi connectivity index (χ4v) is 2.20. The van der Waals surface area contributed by atoms with E-state index in [0.717, 1.165) is 17.0 Å². The molecule has 3 aromatic rings. The van der Waals surface area contributed by atoms with Crippen LogP contribution in [-0.4, -0.2) is 4.98 Å². The Kier molecular flexibility index (Phi) is 2.92. The smallest absolute Gasteiger partial charge is 0.131 e. The maximum Gasteiger partial charge on any atom is 0.131 e. The first-order chi connectivity index (χ1) is 9.22. The summed E-state index contributed by atoms with van der Waals surface area (Å²) in [6.07, 6.45) is 0. The molecule has 0 unspecified atom stereocenters. The molecule has 94 valence electrons. The van der Waals surface area contributed by atoms with Gasteiger partial charge >= 0.3 is 0 Å². The van der Waals surface area contributed by atoms with Crippen LogP contribution in [0.25, 0.3) is 10.9 Å². The van der Waals surface area contributed by atoms with Crippen molar-refractivity contribution >= 4 is 22.4 Å². The number of anilines is 2. The van der Waals surface area contributed by atoms with Gasteiger partial charge < -0.3 is 5.32 Å². The SMILES string of the molecule is Cc1ccc(Nc2cc(C)c3ccccc3n2)cc1. The van der Waals surface area contributed by atoms with E-state index in [2.05, 4.69) is 60.5 Å². The zero-order valence-electron chi connectivity index (χ0n) is 11.1. The average molecular weight is 248 g/mol. The summed E-state index contributed by atoms with van der Waals surface area (Å²) >= 11 is 0. The molecule has 0 amide bonds. The second-order valence-electron chi connectivity index (χ2n) is 4.83. The van der Waals surface area contributed by atoms with Gasteiger partial charge in [-0.15, -0.1) is 0 Å². The van der Waals surface area contributed by atoms with Crippen LogP contribution in [0.4, 0.5) is 11.5 Å². The molecule has 0 saturated carbocycles. The van der Waals surface area contributed by atoms with E-state index < -0.39 is 0 Å². The molecule has 0 radical (unpaired) electrons. The number of rotatable bonds is 2. The number of pyridine rings is 1. The van der Waals surface area contributed by atoms with Crippen LogP contribution in [0.5, 0.6) is 0 Å². The predicted octanol–water partition coefficient (Wildman–Crippen LogP) is 4.60. The van der Waals surface area contributed by atoms with Crippen molar-refractivity contribution in [2.24, 2.45) is 0 Å². The van der Waals surface area contributed by atoms with Gasteiger partial charge in [0, 0.05) is 11.1 Å². The Bertz CT molecular complexity index is 715. The van der Waals surface area contributed by atoms with Crippen LogP contribution in [0.3, 0.4) is 0 Å². The van der Waals surface area contributed by atoms with Crippen molar-refractivity contribution in [1.29, 1.82) is 0 Å². The lowest BCUT2D eigenvalue weighted by molar-refractivity contribution is 1.34. The first-order valence-corrected chi connectivity index (χ1v) is 6.42. The topological polar surface area (TPSA) is 24.9 Å². The first kappa shape index (κ1) is 11.7. The highest BCUT2D eigenvalue weighted by Gasteiger charge is 2.02. The maximum atomic E-state index is 4.64. The van der Waals surface area contributed by atoms with E-state index in [1.54, 1.807) is 0 Å². The third kappa shape index (κ3) is 2.43. The number of hydrogen-bond acceptors (Lipinski definition) is 2. The van der Waals surface area contributed by atoms with Crippen LogP contribution < -0.4 is 5.32 Å². The zero-order chi connectivity index (χ0) is 13.2. The summed E-state index contributed by atoms with van der Waals surface area (Å²) in [6, 6.07) is 18.6. The van der Waals surface area contributed by atoms with Gasteiger partial charge in [-0.2, -0.15) is 0 Å². The highest BCUT2D eigenvalue weighted by Crippen LogP contribution is 2.22. The molecule has 0 fully saturated rings. The normalized spacial score (nSPS) is 10.6. The molecule has 0 aliphatic carbocycles. The molecule has 2 nitrogen and oxygen atoms in total. The molecular weight excluding hydrogens is 232 g/mol. The minimum absolute atomic E-state index is 0.889. The van der Waals surface area contributed by atoms with Crippen LogP contribution in [0.2, 0.25) is 0 Å². The van der Waals surface area contributed by atoms with Crippen LogP contribution >= 0.6 is 0 Å². The number of nitrogens with zero attached hydrogens (tertiary/aromatic N) is 1. The second kappa shape index (κ2) is 4.73. The third-order valence-corrected chi connectivity index (χ3v) is 3.25. The van der Waals surface area contributed by atoms with Crippen LogP contribution in [0.15, 0.2) is 54.6 Å². The standard InChI is InChI=1S/C17H16N2/c1-12-7-9-14(10-8-12)18-17-11-13(2)15-5-3-4-6-16(15)19-17/h3-11H,1-2H3,(H,18,19). The van der Waals surface area contributed by atoms with Crippen molar-refractivity contribution < 1.29 is 0 Å². The number of fused-ring (bicyclic) bond motifs is 1. The Balaban J connectivity index is 1.99. The fourth-order valence-electron chi connectivity index (χ4n) is 2.20. The Morgan fingerprint density at radius 2 is 1.63 bits per heavy atom. The van der Waals surface area contributed by atoms with E-state index in [0.29, 0.717) is 0 Å². The Morgan fingerprint density at radius 3 is 2.42 bits per heavy atom. The van der Waals surface area contributed by atoms with E-state index in [4.69, 9.17) is 0 Å². The predicted molar refractivity (Wildman–Crippen MR) is 80.9 cm³/mol. The van der Waals surface area contributed by atoms with E-state index in [-0.39, 0.29) is 0 Å². The Hall–Kier alpha value is -2.35. The molecule has 1 N–H and O–H groups in total. The number of aryl methyl sites for hydroxylation is 2. The van der Waals surface area contributed by atoms with Crippen molar-refractivity contribution in [2.75, 3.05) is 5.32 Å². The third-order valence-electron chi connectivity index (χ3n) is 3.25. The summed E-state index contributed by atoms with van der Waals surface area (Å²) in [5.74, 6) is 0.889. The largest absolute Gasteiger partial charge is 0.340 e. The molecule has 0 aliphatic rings.